The molecule has 1 amide bonds. The van der Waals surface area contributed by atoms with Crippen LogP contribution >= 0.6 is 0 Å². The van der Waals surface area contributed by atoms with Crippen molar-refractivity contribution in [2.75, 3.05) is 5.32 Å². The molecule has 1 aromatic heterocycles. The summed E-state index contributed by atoms with van der Waals surface area (Å²) >= 11 is 0. The standard InChI is InChI=1S/C32H28F4N2O4/c1-18-14-26(31(41)37-28-13-11-24(33)17-27(28)32(34,35)36)25-12-10-23(16-29(25)38(18)42)22-8-6-21(7-9-22)20-4-2-19(3-5-20)15-30(39)40/h6-14,16-17,19-20H,2-5,15H2,1H3,(H2-,37,39,40,41,42)/p+1. The van der Waals surface area contributed by atoms with Gasteiger partial charge in [-0.2, -0.15) is 13.2 Å². The number of aromatic nitrogens is 1. The van der Waals surface area contributed by atoms with Crippen LogP contribution in [0.25, 0.3) is 22.0 Å². The van der Waals surface area contributed by atoms with Gasteiger partial charge in [-0.1, -0.05) is 30.3 Å². The number of nitrogens with one attached hydrogen (secondary N) is 1. The molecular weight excluding hydrogens is 552 g/mol. The van der Waals surface area contributed by atoms with E-state index in [2.05, 4.69) is 5.32 Å². The van der Waals surface area contributed by atoms with E-state index in [1.807, 2.05) is 24.3 Å². The zero-order valence-corrected chi connectivity index (χ0v) is 22.7. The molecule has 4 aromatic rings. The lowest BCUT2D eigenvalue weighted by atomic mass is 9.77. The van der Waals surface area contributed by atoms with Crippen LogP contribution in [0.1, 0.15) is 65.2 Å². The maximum atomic E-state index is 13.5. The molecule has 0 bridgehead atoms. The topological polar surface area (TPSA) is 90.5 Å². The number of carbonyl (C=O) groups is 2. The first-order valence-electron chi connectivity index (χ1n) is 13.6. The van der Waals surface area contributed by atoms with E-state index in [-0.39, 0.29) is 29.1 Å². The van der Waals surface area contributed by atoms with E-state index in [1.165, 1.54) is 11.6 Å². The van der Waals surface area contributed by atoms with E-state index in [4.69, 9.17) is 5.11 Å². The van der Waals surface area contributed by atoms with Gasteiger partial charge in [0.25, 0.3) is 11.4 Å². The third kappa shape index (κ3) is 6.07. The predicted molar refractivity (Wildman–Crippen MR) is 148 cm³/mol. The third-order valence-electron chi connectivity index (χ3n) is 8.01. The number of halogens is 4. The summed E-state index contributed by atoms with van der Waals surface area (Å²) in [6, 6.07) is 16.5. The number of aliphatic carboxylic acids is 1. The Kier molecular flexibility index (Phi) is 7.90. The fourth-order valence-corrected chi connectivity index (χ4v) is 5.78. The Morgan fingerprint density at radius 2 is 1.60 bits per heavy atom. The number of anilines is 1. The van der Waals surface area contributed by atoms with Crippen molar-refractivity contribution in [1.29, 1.82) is 0 Å². The van der Waals surface area contributed by atoms with Crippen LogP contribution in [-0.4, -0.2) is 22.2 Å². The zero-order valence-electron chi connectivity index (χ0n) is 22.7. The monoisotopic (exact) mass is 581 g/mol. The number of amides is 1. The minimum atomic E-state index is -4.88. The number of rotatable bonds is 6. The summed E-state index contributed by atoms with van der Waals surface area (Å²) in [5, 5.41) is 22.4. The summed E-state index contributed by atoms with van der Waals surface area (Å²) in [7, 11) is 0. The Morgan fingerprint density at radius 1 is 0.929 bits per heavy atom. The van der Waals surface area contributed by atoms with Crippen molar-refractivity contribution < 1.29 is 42.2 Å². The van der Waals surface area contributed by atoms with E-state index >= 15 is 0 Å². The summed E-state index contributed by atoms with van der Waals surface area (Å²) in [6.07, 6.45) is -1.03. The van der Waals surface area contributed by atoms with Gasteiger partial charge in [0.2, 0.25) is 5.69 Å². The first kappa shape index (κ1) is 29.0. The number of alkyl halides is 3. The Morgan fingerprint density at radius 3 is 2.24 bits per heavy atom. The van der Waals surface area contributed by atoms with Gasteiger partial charge in [0.05, 0.1) is 22.2 Å². The molecule has 0 aliphatic heterocycles. The lowest BCUT2D eigenvalue weighted by Crippen LogP contribution is -2.35. The second kappa shape index (κ2) is 11.4. The molecule has 42 heavy (non-hydrogen) atoms. The lowest BCUT2D eigenvalue weighted by molar-refractivity contribution is -0.888. The highest BCUT2D eigenvalue weighted by molar-refractivity contribution is 6.12. The molecule has 1 heterocycles. The van der Waals surface area contributed by atoms with E-state index in [0.29, 0.717) is 17.4 Å². The highest BCUT2D eigenvalue weighted by atomic mass is 19.4. The van der Waals surface area contributed by atoms with Gasteiger partial charge in [0.1, 0.15) is 5.82 Å². The fourth-order valence-electron chi connectivity index (χ4n) is 5.78. The molecule has 5 rings (SSSR count). The van der Waals surface area contributed by atoms with Gasteiger partial charge < -0.3 is 10.4 Å². The van der Waals surface area contributed by atoms with Crippen LogP contribution in [0.3, 0.4) is 0 Å². The van der Waals surface area contributed by atoms with Crippen molar-refractivity contribution in [3.63, 3.8) is 0 Å². The smallest absolute Gasteiger partial charge is 0.418 e. The predicted octanol–water partition coefficient (Wildman–Crippen LogP) is 7.50. The maximum absolute atomic E-state index is 13.5. The lowest BCUT2D eigenvalue weighted by Gasteiger charge is -2.28. The first-order valence-corrected chi connectivity index (χ1v) is 13.6. The van der Waals surface area contributed by atoms with Crippen LogP contribution in [0.2, 0.25) is 0 Å². The summed E-state index contributed by atoms with van der Waals surface area (Å²) in [5.74, 6) is -2.09. The number of fused-ring (bicyclic) bond motifs is 1. The van der Waals surface area contributed by atoms with Crippen LogP contribution in [0.15, 0.2) is 66.7 Å². The molecule has 3 N–H and O–H groups in total. The molecular formula is C32H29F4N2O4+. The Hall–Kier alpha value is -4.47. The number of pyridine rings is 1. The number of aryl methyl sites for hydroxylation is 1. The van der Waals surface area contributed by atoms with E-state index < -0.39 is 35.1 Å². The highest BCUT2D eigenvalue weighted by Gasteiger charge is 2.35. The van der Waals surface area contributed by atoms with Crippen molar-refractivity contribution in [3.8, 4) is 11.1 Å². The van der Waals surface area contributed by atoms with Gasteiger partial charge >= 0.3 is 12.1 Å². The number of carboxylic acid groups (broad SMARTS) is 1. The molecule has 1 aliphatic carbocycles. The van der Waals surface area contributed by atoms with Gasteiger partial charge in [0.15, 0.2) is 0 Å². The van der Waals surface area contributed by atoms with Gasteiger partial charge in [-0.05, 0) is 78.5 Å². The number of carbonyl (C=O) groups excluding carboxylic acids is 1. The number of benzene rings is 3. The van der Waals surface area contributed by atoms with Crippen molar-refractivity contribution in [3.05, 3.63) is 94.9 Å². The number of carboxylic acids is 1. The second-order valence-electron chi connectivity index (χ2n) is 10.8. The largest absolute Gasteiger partial charge is 0.481 e. The molecule has 3 aromatic carbocycles. The Bertz CT molecular complexity index is 1660. The quantitative estimate of drug-likeness (QED) is 0.125. The SMILES string of the molecule is Cc1cc(C(=O)Nc2ccc(F)cc2C(F)(F)F)c2ccc(-c3ccc(C4CCC(CC(=O)O)CC4)cc3)cc2[n+]1O. The summed E-state index contributed by atoms with van der Waals surface area (Å²) < 4.78 is 54.9. The van der Waals surface area contributed by atoms with Crippen LogP contribution in [-0.2, 0) is 11.0 Å². The molecule has 0 unspecified atom stereocenters. The minimum Gasteiger partial charge on any atom is -0.481 e. The molecule has 10 heteroatoms. The molecule has 218 valence electrons. The van der Waals surface area contributed by atoms with Gasteiger partial charge in [-0.25, -0.2) is 4.39 Å². The molecule has 0 radical (unpaired) electrons. The maximum Gasteiger partial charge on any atom is 0.418 e. The Labute approximate surface area is 239 Å². The van der Waals surface area contributed by atoms with Crippen LogP contribution < -0.4 is 10.0 Å². The van der Waals surface area contributed by atoms with Crippen LogP contribution in [0.4, 0.5) is 23.2 Å². The summed E-state index contributed by atoms with van der Waals surface area (Å²) in [5.41, 5.74) is 1.55. The average molecular weight is 582 g/mol. The third-order valence-corrected chi connectivity index (χ3v) is 8.01. The molecule has 0 saturated heterocycles. The van der Waals surface area contributed by atoms with Crippen molar-refractivity contribution in [2.45, 2.75) is 51.1 Å². The van der Waals surface area contributed by atoms with Gasteiger partial charge in [-0.15, -0.1) is 0 Å². The van der Waals surface area contributed by atoms with E-state index in [1.54, 1.807) is 25.1 Å². The summed E-state index contributed by atoms with van der Waals surface area (Å²) in [6.45, 7) is 1.56. The zero-order chi connectivity index (χ0) is 30.2. The van der Waals surface area contributed by atoms with Crippen LogP contribution in [0, 0.1) is 18.7 Å². The van der Waals surface area contributed by atoms with Crippen molar-refractivity contribution >= 4 is 28.5 Å². The van der Waals surface area contributed by atoms with Crippen molar-refractivity contribution in [2.24, 2.45) is 5.92 Å². The average Bonchev–Trinajstić information content (AvgIpc) is 2.95. The molecule has 1 saturated carbocycles. The summed E-state index contributed by atoms with van der Waals surface area (Å²) in [4.78, 5) is 24.2. The molecule has 0 spiro atoms. The van der Waals surface area contributed by atoms with Crippen molar-refractivity contribution in [1.82, 2.24) is 0 Å². The second-order valence-corrected chi connectivity index (χ2v) is 10.8. The van der Waals surface area contributed by atoms with E-state index in [0.717, 1.165) is 53.7 Å². The number of hydrogen-bond acceptors (Lipinski definition) is 3. The fraction of sp³-hybridized carbons (Fsp3) is 0.281. The molecule has 1 fully saturated rings. The first-order chi connectivity index (χ1) is 19.9. The number of hydrogen-bond donors (Lipinski definition) is 3. The Balaban J connectivity index is 1.41. The van der Waals surface area contributed by atoms with E-state index in [9.17, 15) is 32.4 Å². The molecule has 1 aliphatic rings. The van der Waals surface area contributed by atoms with Gasteiger partial charge in [0, 0.05) is 30.2 Å². The number of nitrogens with zero attached hydrogens (tertiary/aromatic N) is 1. The molecule has 6 nitrogen and oxygen atoms in total. The molecule has 0 atom stereocenters. The van der Waals surface area contributed by atoms with Crippen LogP contribution in [0.5, 0.6) is 0 Å². The highest BCUT2D eigenvalue weighted by Crippen LogP contribution is 2.38. The normalized spacial score (nSPS) is 17.3. The van der Waals surface area contributed by atoms with Gasteiger partial charge in [-0.3, -0.25) is 14.8 Å². The minimum absolute atomic E-state index is 0.0469.